The van der Waals surface area contributed by atoms with Crippen LogP contribution >= 0.6 is 0 Å². The normalized spacial score (nSPS) is 19.1. The first kappa shape index (κ1) is 11.9. The molecule has 98 valence electrons. The number of nitrogens with zero attached hydrogens (tertiary/aromatic N) is 1. The number of carbonyl (C=O) groups excluding carboxylic acids is 2. The van der Waals surface area contributed by atoms with E-state index in [4.69, 9.17) is 0 Å². The number of anilines is 1. The molecule has 1 N–H and O–H groups in total. The molecule has 4 nitrogen and oxygen atoms in total. The van der Waals surface area contributed by atoms with Gasteiger partial charge in [-0.25, -0.2) is 9.29 Å². The fourth-order valence-corrected chi connectivity index (χ4v) is 2.64. The maximum Gasteiger partial charge on any atom is 0.261 e. The topological polar surface area (TPSA) is 57.6 Å². The van der Waals surface area contributed by atoms with Gasteiger partial charge in [-0.1, -0.05) is 0 Å². The van der Waals surface area contributed by atoms with Crippen LogP contribution in [0.3, 0.4) is 0 Å². The van der Waals surface area contributed by atoms with Crippen molar-refractivity contribution in [3.8, 4) is 5.75 Å². The average Bonchev–Trinajstić information content (AvgIpc) is 2.64. The Bertz CT molecular complexity index is 593. The van der Waals surface area contributed by atoms with E-state index in [0.29, 0.717) is 24.0 Å². The molecule has 0 radical (unpaired) electrons. The second kappa shape index (κ2) is 4.19. The molecule has 5 heteroatoms. The van der Waals surface area contributed by atoms with Crippen LogP contribution in [0, 0.1) is 5.82 Å². The van der Waals surface area contributed by atoms with Crippen LogP contribution in [0.2, 0.25) is 0 Å². The van der Waals surface area contributed by atoms with E-state index in [1.807, 2.05) is 0 Å². The van der Waals surface area contributed by atoms with Crippen molar-refractivity contribution in [2.45, 2.75) is 25.7 Å². The van der Waals surface area contributed by atoms with E-state index < -0.39 is 17.6 Å². The van der Waals surface area contributed by atoms with Crippen molar-refractivity contribution in [3.63, 3.8) is 0 Å². The van der Waals surface area contributed by atoms with Crippen LogP contribution in [-0.4, -0.2) is 16.9 Å². The number of amides is 2. The average molecular weight is 261 g/mol. The number of hydrogen-bond donors (Lipinski definition) is 1. The van der Waals surface area contributed by atoms with Gasteiger partial charge in [-0.15, -0.1) is 0 Å². The summed E-state index contributed by atoms with van der Waals surface area (Å²) < 4.78 is 13.8. The summed E-state index contributed by atoms with van der Waals surface area (Å²) in [4.78, 5) is 25.3. The first-order chi connectivity index (χ1) is 9.09. The van der Waals surface area contributed by atoms with Gasteiger partial charge in [0.2, 0.25) is 0 Å². The van der Waals surface area contributed by atoms with Crippen LogP contribution in [0.15, 0.2) is 29.3 Å². The number of aromatic hydroxyl groups is 1. The lowest BCUT2D eigenvalue weighted by Gasteiger charge is -2.15. The summed E-state index contributed by atoms with van der Waals surface area (Å²) in [5.41, 5.74) is 0.939. The minimum Gasteiger partial charge on any atom is -0.508 e. The van der Waals surface area contributed by atoms with Crippen LogP contribution in [0.5, 0.6) is 5.75 Å². The Morgan fingerprint density at radius 2 is 1.63 bits per heavy atom. The second-order valence-electron chi connectivity index (χ2n) is 4.75. The number of hydrogen-bond acceptors (Lipinski definition) is 3. The SMILES string of the molecule is O=C1C2=C(CCCC2)C(=O)N1c1ccc(O)cc1F. The summed E-state index contributed by atoms with van der Waals surface area (Å²) in [7, 11) is 0. The molecule has 0 aromatic heterocycles. The van der Waals surface area contributed by atoms with Crippen molar-refractivity contribution in [1.29, 1.82) is 0 Å². The monoisotopic (exact) mass is 261 g/mol. The van der Waals surface area contributed by atoms with Crippen molar-refractivity contribution in [2.75, 3.05) is 4.90 Å². The van der Waals surface area contributed by atoms with E-state index in [9.17, 15) is 19.1 Å². The number of halogens is 1. The highest BCUT2D eigenvalue weighted by molar-refractivity contribution is 6.33. The molecule has 0 saturated carbocycles. The first-order valence-electron chi connectivity index (χ1n) is 6.19. The van der Waals surface area contributed by atoms with Gasteiger partial charge < -0.3 is 5.11 Å². The highest BCUT2D eigenvalue weighted by Gasteiger charge is 2.40. The van der Waals surface area contributed by atoms with Gasteiger partial charge in [0.05, 0.1) is 5.69 Å². The molecule has 1 aromatic carbocycles. The maximum absolute atomic E-state index is 13.8. The second-order valence-corrected chi connectivity index (χ2v) is 4.75. The van der Waals surface area contributed by atoms with Crippen LogP contribution in [0.1, 0.15) is 25.7 Å². The van der Waals surface area contributed by atoms with Gasteiger partial charge in [0.15, 0.2) is 5.82 Å². The summed E-state index contributed by atoms with van der Waals surface area (Å²) in [6.07, 6.45) is 2.92. The van der Waals surface area contributed by atoms with Crippen LogP contribution in [0.25, 0.3) is 0 Å². The first-order valence-corrected chi connectivity index (χ1v) is 6.19. The third kappa shape index (κ3) is 1.73. The van der Waals surface area contributed by atoms with Gasteiger partial charge in [0.1, 0.15) is 5.75 Å². The van der Waals surface area contributed by atoms with E-state index in [2.05, 4.69) is 0 Å². The molecule has 1 aliphatic heterocycles. The molecule has 0 saturated heterocycles. The molecular weight excluding hydrogens is 249 g/mol. The van der Waals surface area contributed by atoms with Crippen molar-refractivity contribution in [2.24, 2.45) is 0 Å². The highest BCUT2D eigenvalue weighted by atomic mass is 19.1. The quantitative estimate of drug-likeness (QED) is 0.789. The van der Waals surface area contributed by atoms with Crippen LogP contribution < -0.4 is 4.90 Å². The summed E-state index contributed by atoms with van der Waals surface area (Å²) in [6.45, 7) is 0. The Kier molecular flexibility index (Phi) is 2.62. The Morgan fingerprint density at radius 1 is 1.05 bits per heavy atom. The lowest BCUT2D eigenvalue weighted by atomic mass is 9.93. The van der Waals surface area contributed by atoms with Gasteiger partial charge in [0, 0.05) is 17.2 Å². The van der Waals surface area contributed by atoms with E-state index in [-0.39, 0.29) is 11.4 Å². The highest BCUT2D eigenvalue weighted by Crippen LogP contribution is 2.36. The Balaban J connectivity index is 2.04. The number of imide groups is 1. The minimum absolute atomic E-state index is 0.0952. The zero-order chi connectivity index (χ0) is 13.6. The smallest absolute Gasteiger partial charge is 0.261 e. The van der Waals surface area contributed by atoms with Crippen molar-refractivity contribution in [3.05, 3.63) is 35.2 Å². The van der Waals surface area contributed by atoms with E-state index in [0.717, 1.165) is 23.8 Å². The number of benzene rings is 1. The summed E-state index contributed by atoms with van der Waals surface area (Å²) >= 11 is 0. The molecule has 2 aliphatic rings. The van der Waals surface area contributed by atoms with Crippen molar-refractivity contribution in [1.82, 2.24) is 0 Å². The molecule has 0 bridgehead atoms. The molecular formula is C14H12FNO3. The van der Waals surface area contributed by atoms with Crippen molar-refractivity contribution < 1.29 is 19.1 Å². The molecule has 0 atom stereocenters. The molecule has 19 heavy (non-hydrogen) atoms. The Hall–Kier alpha value is -2.17. The molecule has 0 spiro atoms. The molecule has 1 heterocycles. The van der Waals surface area contributed by atoms with E-state index >= 15 is 0 Å². The zero-order valence-electron chi connectivity index (χ0n) is 10.1. The summed E-state index contributed by atoms with van der Waals surface area (Å²) in [6, 6.07) is 3.41. The maximum atomic E-state index is 13.8. The summed E-state index contributed by atoms with van der Waals surface area (Å²) in [5, 5.41) is 9.18. The van der Waals surface area contributed by atoms with E-state index in [1.54, 1.807) is 0 Å². The number of carbonyl (C=O) groups is 2. The molecule has 1 aliphatic carbocycles. The minimum atomic E-state index is -0.776. The summed E-state index contributed by atoms with van der Waals surface area (Å²) in [5.74, 6) is -1.87. The number of phenols is 1. The third-order valence-corrected chi connectivity index (χ3v) is 3.56. The van der Waals surface area contributed by atoms with Gasteiger partial charge in [-0.2, -0.15) is 0 Å². The van der Waals surface area contributed by atoms with Gasteiger partial charge in [-0.3, -0.25) is 9.59 Å². The van der Waals surface area contributed by atoms with E-state index in [1.165, 1.54) is 12.1 Å². The predicted molar refractivity (Wildman–Crippen MR) is 66.1 cm³/mol. The lowest BCUT2D eigenvalue weighted by Crippen LogP contribution is -2.32. The fraction of sp³-hybridized carbons (Fsp3) is 0.286. The molecule has 3 rings (SSSR count). The Labute approximate surface area is 109 Å². The lowest BCUT2D eigenvalue weighted by molar-refractivity contribution is -0.120. The van der Waals surface area contributed by atoms with Gasteiger partial charge in [0.25, 0.3) is 11.8 Å². The van der Waals surface area contributed by atoms with Crippen LogP contribution in [0.4, 0.5) is 10.1 Å². The van der Waals surface area contributed by atoms with Crippen molar-refractivity contribution >= 4 is 17.5 Å². The van der Waals surface area contributed by atoms with Crippen LogP contribution in [-0.2, 0) is 9.59 Å². The largest absolute Gasteiger partial charge is 0.508 e. The predicted octanol–water partition coefficient (Wildman–Crippen LogP) is 2.28. The van der Waals surface area contributed by atoms with Gasteiger partial charge >= 0.3 is 0 Å². The van der Waals surface area contributed by atoms with Gasteiger partial charge in [-0.05, 0) is 37.8 Å². The zero-order valence-corrected chi connectivity index (χ0v) is 10.1. The fourth-order valence-electron chi connectivity index (χ4n) is 2.64. The third-order valence-electron chi connectivity index (χ3n) is 3.56. The number of rotatable bonds is 1. The standard InChI is InChI=1S/C14H12FNO3/c15-11-7-8(17)5-6-12(11)16-13(18)9-3-1-2-4-10(9)14(16)19/h5-7,17H,1-4H2. The molecule has 1 aromatic rings. The Morgan fingerprint density at radius 3 is 2.16 bits per heavy atom. The molecule has 2 amide bonds. The number of phenolic OH excluding ortho intramolecular Hbond substituents is 1. The molecule has 0 unspecified atom stereocenters. The molecule has 0 fully saturated rings.